The number of unbranched alkanes of at least 4 members (excludes halogenated alkanes) is 2. The number of aliphatic carboxylic acids is 1. The Morgan fingerprint density at radius 3 is 2.31 bits per heavy atom. The molecule has 0 aliphatic rings. The van der Waals surface area contributed by atoms with E-state index in [0.717, 1.165) is 0 Å². The van der Waals surface area contributed by atoms with Gasteiger partial charge in [-0.2, -0.15) is 0 Å². The summed E-state index contributed by atoms with van der Waals surface area (Å²) in [7, 11) is 0. The van der Waals surface area contributed by atoms with Crippen molar-refractivity contribution in [3.63, 3.8) is 0 Å². The van der Waals surface area contributed by atoms with Crippen molar-refractivity contribution in [2.45, 2.75) is 25.7 Å². The van der Waals surface area contributed by atoms with Crippen molar-refractivity contribution in [1.82, 2.24) is 10.6 Å². The maximum absolute atomic E-state index is 14.0. The highest BCUT2D eigenvalue weighted by Crippen LogP contribution is 2.11. The minimum atomic E-state index is -0.854. The summed E-state index contributed by atoms with van der Waals surface area (Å²) in [5, 5.41) is 13.8. The van der Waals surface area contributed by atoms with Gasteiger partial charge in [0.25, 0.3) is 11.8 Å². The zero-order chi connectivity index (χ0) is 21.1. The molecule has 2 amide bonds. The van der Waals surface area contributed by atoms with Crippen LogP contribution >= 0.6 is 0 Å². The molecule has 2 aromatic rings. The summed E-state index contributed by atoms with van der Waals surface area (Å²) in [6, 6.07) is 14.3. The first-order valence-electron chi connectivity index (χ1n) is 9.30. The van der Waals surface area contributed by atoms with E-state index in [9.17, 15) is 18.8 Å². The number of amides is 2. The predicted molar refractivity (Wildman–Crippen MR) is 107 cm³/mol. The molecule has 0 aliphatic heterocycles. The molecule has 6 nitrogen and oxygen atoms in total. The molecule has 152 valence electrons. The maximum atomic E-state index is 14.0. The third-order valence-electron chi connectivity index (χ3n) is 4.09. The highest BCUT2D eigenvalue weighted by molar-refractivity contribution is 6.05. The number of nitrogens with one attached hydrogen (secondary N) is 2. The predicted octanol–water partition coefficient (Wildman–Crippen LogP) is 3.36. The minimum absolute atomic E-state index is 0.0745. The third-order valence-corrected chi connectivity index (χ3v) is 4.09. The van der Waals surface area contributed by atoms with Crippen LogP contribution in [0.15, 0.2) is 60.3 Å². The van der Waals surface area contributed by atoms with Gasteiger partial charge in [-0.25, -0.2) is 4.39 Å². The Balaban J connectivity index is 2.06. The van der Waals surface area contributed by atoms with E-state index in [2.05, 4.69) is 10.6 Å². The van der Waals surface area contributed by atoms with Gasteiger partial charge in [0.05, 0.1) is 0 Å². The van der Waals surface area contributed by atoms with Gasteiger partial charge in [0.2, 0.25) is 0 Å². The zero-order valence-electron chi connectivity index (χ0n) is 15.9. The molecule has 0 bridgehead atoms. The van der Waals surface area contributed by atoms with Gasteiger partial charge in [-0.05, 0) is 37.1 Å². The largest absolute Gasteiger partial charge is 0.481 e. The van der Waals surface area contributed by atoms with Crippen molar-refractivity contribution >= 4 is 23.9 Å². The van der Waals surface area contributed by atoms with E-state index in [1.54, 1.807) is 36.4 Å². The second-order valence-corrected chi connectivity index (χ2v) is 6.36. The van der Waals surface area contributed by atoms with Crippen molar-refractivity contribution in [3.8, 4) is 0 Å². The number of rotatable bonds is 10. The first-order chi connectivity index (χ1) is 14.0. The normalized spacial score (nSPS) is 11.0. The van der Waals surface area contributed by atoms with Crippen LogP contribution in [0.25, 0.3) is 6.08 Å². The third kappa shape index (κ3) is 7.57. The molecular formula is C22H23FN2O4. The Bertz CT molecular complexity index is 881. The van der Waals surface area contributed by atoms with Gasteiger partial charge in [-0.15, -0.1) is 0 Å². The summed E-state index contributed by atoms with van der Waals surface area (Å²) in [6.45, 7) is 0.314. The number of halogens is 1. The van der Waals surface area contributed by atoms with Gasteiger partial charge < -0.3 is 15.7 Å². The van der Waals surface area contributed by atoms with Crippen LogP contribution in [-0.2, 0) is 9.59 Å². The fraction of sp³-hybridized carbons (Fsp3) is 0.227. The molecule has 29 heavy (non-hydrogen) atoms. The van der Waals surface area contributed by atoms with Crippen LogP contribution in [0.1, 0.15) is 41.6 Å². The summed E-state index contributed by atoms with van der Waals surface area (Å²) in [5.74, 6) is -2.39. The van der Waals surface area contributed by atoms with Crippen LogP contribution in [0.4, 0.5) is 4.39 Å². The molecule has 0 saturated carbocycles. The van der Waals surface area contributed by atoms with Gasteiger partial charge in [-0.3, -0.25) is 14.4 Å². The molecule has 0 atom stereocenters. The lowest BCUT2D eigenvalue weighted by Crippen LogP contribution is -2.35. The van der Waals surface area contributed by atoms with Crippen LogP contribution < -0.4 is 10.6 Å². The smallest absolute Gasteiger partial charge is 0.303 e. The van der Waals surface area contributed by atoms with E-state index in [4.69, 9.17) is 5.11 Å². The van der Waals surface area contributed by atoms with Crippen LogP contribution in [0.3, 0.4) is 0 Å². The summed E-state index contributed by atoms with van der Waals surface area (Å²) in [5.41, 5.74) is 0.468. The minimum Gasteiger partial charge on any atom is -0.481 e. The van der Waals surface area contributed by atoms with E-state index in [-0.39, 0.29) is 17.7 Å². The Morgan fingerprint density at radius 2 is 1.62 bits per heavy atom. The van der Waals surface area contributed by atoms with E-state index in [0.29, 0.717) is 31.4 Å². The van der Waals surface area contributed by atoms with Crippen molar-refractivity contribution in [3.05, 3.63) is 77.2 Å². The number of carbonyl (C=O) groups is 3. The number of benzene rings is 2. The van der Waals surface area contributed by atoms with Crippen LogP contribution in [0.2, 0.25) is 0 Å². The van der Waals surface area contributed by atoms with E-state index in [1.807, 2.05) is 0 Å². The van der Waals surface area contributed by atoms with Gasteiger partial charge in [0.1, 0.15) is 11.5 Å². The number of carbonyl (C=O) groups excluding carboxylic acids is 2. The van der Waals surface area contributed by atoms with Gasteiger partial charge in [0, 0.05) is 24.1 Å². The highest BCUT2D eigenvalue weighted by Gasteiger charge is 2.15. The highest BCUT2D eigenvalue weighted by atomic mass is 19.1. The Hall–Kier alpha value is -3.48. The molecule has 2 rings (SSSR count). The van der Waals surface area contributed by atoms with Gasteiger partial charge in [-0.1, -0.05) is 42.8 Å². The van der Waals surface area contributed by atoms with Gasteiger partial charge >= 0.3 is 5.97 Å². The molecular weight excluding hydrogens is 375 g/mol. The van der Waals surface area contributed by atoms with Crippen LogP contribution in [0, 0.1) is 5.82 Å². The van der Waals surface area contributed by atoms with Crippen LogP contribution in [-0.4, -0.2) is 29.4 Å². The topological polar surface area (TPSA) is 95.5 Å². The lowest BCUT2D eigenvalue weighted by Gasteiger charge is -2.11. The average molecular weight is 398 g/mol. The summed E-state index contributed by atoms with van der Waals surface area (Å²) >= 11 is 0. The summed E-state index contributed by atoms with van der Waals surface area (Å²) in [4.78, 5) is 35.5. The average Bonchev–Trinajstić information content (AvgIpc) is 2.71. The quantitative estimate of drug-likeness (QED) is 0.422. The Kier molecular flexibility index (Phi) is 8.56. The summed E-state index contributed by atoms with van der Waals surface area (Å²) < 4.78 is 14.0. The molecule has 0 heterocycles. The monoisotopic (exact) mass is 398 g/mol. The first-order valence-corrected chi connectivity index (χ1v) is 9.30. The molecule has 0 aliphatic carbocycles. The molecule has 0 saturated heterocycles. The number of carboxylic acid groups (broad SMARTS) is 1. The molecule has 3 N–H and O–H groups in total. The lowest BCUT2D eigenvalue weighted by molar-refractivity contribution is -0.137. The van der Waals surface area contributed by atoms with Gasteiger partial charge in [0.15, 0.2) is 0 Å². The standard InChI is InChI=1S/C22H23FN2O4/c23-18-12-7-6-11-17(18)15-19(25-21(28)16-9-3-1-4-10-16)22(29)24-14-8-2-5-13-20(26)27/h1,3-4,6-7,9-12,15H,2,5,8,13-14H2,(H,24,29)(H,25,28)(H,26,27). The molecule has 0 spiro atoms. The fourth-order valence-corrected chi connectivity index (χ4v) is 2.57. The summed E-state index contributed by atoms with van der Waals surface area (Å²) in [6.07, 6.45) is 3.14. The molecule has 7 heteroatoms. The molecule has 0 aromatic heterocycles. The van der Waals surface area contributed by atoms with Crippen LogP contribution in [0.5, 0.6) is 0 Å². The van der Waals surface area contributed by atoms with E-state index >= 15 is 0 Å². The first kappa shape index (κ1) is 21.8. The molecule has 0 fully saturated rings. The number of hydrogen-bond donors (Lipinski definition) is 3. The number of hydrogen-bond acceptors (Lipinski definition) is 3. The van der Waals surface area contributed by atoms with Crippen molar-refractivity contribution in [1.29, 1.82) is 0 Å². The van der Waals surface area contributed by atoms with E-state index in [1.165, 1.54) is 24.3 Å². The zero-order valence-corrected chi connectivity index (χ0v) is 15.9. The number of carboxylic acids is 1. The molecule has 2 aromatic carbocycles. The molecule has 0 radical (unpaired) electrons. The second kappa shape index (κ2) is 11.4. The second-order valence-electron chi connectivity index (χ2n) is 6.36. The van der Waals surface area contributed by atoms with E-state index < -0.39 is 23.6 Å². The van der Waals surface area contributed by atoms with Crippen molar-refractivity contribution in [2.75, 3.05) is 6.54 Å². The molecule has 0 unspecified atom stereocenters. The van der Waals surface area contributed by atoms with Crippen molar-refractivity contribution in [2.24, 2.45) is 0 Å². The van der Waals surface area contributed by atoms with Crippen molar-refractivity contribution < 1.29 is 23.9 Å². The Morgan fingerprint density at radius 1 is 0.931 bits per heavy atom. The lowest BCUT2D eigenvalue weighted by atomic mass is 10.1. The SMILES string of the molecule is O=C(O)CCCCCNC(=O)C(=Cc1ccccc1F)NC(=O)c1ccccc1. The maximum Gasteiger partial charge on any atom is 0.303 e. The fourth-order valence-electron chi connectivity index (χ4n) is 2.57. The Labute approximate surface area is 168 Å².